The van der Waals surface area contributed by atoms with E-state index in [0.717, 1.165) is 58.1 Å². The van der Waals surface area contributed by atoms with E-state index in [1.807, 2.05) is 24.3 Å². The van der Waals surface area contributed by atoms with Crippen LogP contribution in [0.4, 0.5) is 5.69 Å². The second-order valence-electron chi connectivity index (χ2n) is 8.48. The summed E-state index contributed by atoms with van der Waals surface area (Å²) in [6.07, 6.45) is 2.22. The van der Waals surface area contributed by atoms with E-state index in [1.54, 1.807) is 6.20 Å². The Morgan fingerprint density at radius 3 is 2.34 bits per heavy atom. The Balaban J connectivity index is 1.34. The Labute approximate surface area is 185 Å². The zero-order valence-corrected chi connectivity index (χ0v) is 18.0. The molecule has 2 N–H and O–H groups in total. The van der Waals surface area contributed by atoms with Crippen LogP contribution in [0.15, 0.2) is 60.8 Å². The number of ether oxygens (including phenoxy) is 1. The summed E-state index contributed by atoms with van der Waals surface area (Å²) in [6.45, 7) is 6.04. The lowest BCUT2D eigenvalue weighted by Gasteiger charge is -2.36. The predicted molar refractivity (Wildman–Crippen MR) is 127 cm³/mol. The van der Waals surface area contributed by atoms with Crippen molar-refractivity contribution in [3.05, 3.63) is 60.8 Å². The van der Waals surface area contributed by atoms with Gasteiger partial charge in [-0.3, -0.25) is 4.98 Å². The number of morpholine rings is 1. The summed E-state index contributed by atoms with van der Waals surface area (Å²) in [4.78, 5) is 23.1. The highest BCUT2D eigenvalue weighted by Gasteiger charge is 2.22. The summed E-state index contributed by atoms with van der Waals surface area (Å²) < 4.78 is 5.88. The Hall–Kier alpha value is -3.71. The quantitative estimate of drug-likeness (QED) is 0.435. The maximum absolute atomic E-state index is 5.88. The molecule has 2 aromatic carbocycles. The molecule has 6 rings (SSSR count). The molecule has 0 bridgehead atoms. The van der Waals surface area contributed by atoms with Gasteiger partial charge >= 0.3 is 0 Å². The normalized spacial score (nSPS) is 19.1. The first-order valence-corrected chi connectivity index (χ1v) is 10.9. The fraction of sp³-hybridized carbons (Fsp3) is 0.240. The van der Waals surface area contributed by atoms with E-state index in [-0.39, 0.29) is 12.2 Å². The molecule has 160 valence electrons. The number of aromatic amines is 2. The number of anilines is 1. The van der Waals surface area contributed by atoms with Gasteiger partial charge in [-0.1, -0.05) is 6.07 Å². The minimum atomic E-state index is 0.226. The Morgan fingerprint density at radius 1 is 0.844 bits per heavy atom. The Bertz CT molecular complexity index is 1400. The van der Waals surface area contributed by atoms with E-state index >= 15 is 0 Å². The Kier molecular flexibility index (Phi) is 4.43. The van der Waals surface area contributed by atoms with Crippen LogP contribution in [-0.4, -0.2) is 50.2 Å². The number of hydrogen-bond donors (Lipinski definition) is 2. The molecule has 1 aliphatic rings. The van der Waals surface area contributed by atoms with Crippen LogP contribution >= 0.6 is 0 Å². The topological polar surface area (TPSA) is 82.7 Å². The van der Waals surface area contributed by atoms with Gasteiger partial charge in [-0.15, -0.1) is 0 Å². The summed E-state index contributed by atoms with van der Waals surface area (Å²) in [5.74, 6) is 1.61. The second-order valence-corrected chi connectivity index (χ2v) is 8.48. The number of aromatic nitrogens is 5. The van der Waals surface area contributed by atoms with Crippen LogP contribution < -0.4 is 4.90 Å². The van der Waals surface area contributed by atoms with Crippen LogP contribution in [0.2, 0.25) is 0 Å². The smallest absolute Gasteiger partial charge is 0.157 e. The van der Waals surface area contributed by atoms with Gasteiger partial charge in [0.25, 0.3) is 0 Å². The highest BCUT2D eigenvalue weighted by Crippen LogP contribution is 2.28. The molecule has 32 heavy (non-hydrogen) atoms. The number of hydrogen-bond acceptors (Lipinski definition) is 5. The van der Waals surface area contributed by atoms with Crippen molar-refractivity contribution >= 4 is 27.8 Å². The molecular formula is C25H24N6O. The van der Waals surface area contributed by atoms with Crippen molar-refractivity contribution in [2.75, 3.05) is 18.0 Å². The zero-order chi connectivity index (χ0) is 21.7. The van der Waals surface area contributed by atoms with Gasteiger partial charge < -0.3 is 19.6 Å². The molecule has 1 fully saturated rings. The van der Waals surface area contributed by atoms with Crippen LogP contribution in [0.1, 0.15) is 13.8 Å². The second kappa shape index (κ2) is 7.46. The number of imidazole rings is 2. The maximum Gasteiger partial charge on any atom is 0.157 e. The van der Waals surface area contributed by atoms with Gasteiger partial charge in [0.05, 0.1) is 34.3 Å². The average Bonchev–Trinajstić information content (AvgIpc) is 3.42. The highest BCUT2D eigenvalue weighted by molar-refractivity contribution is 5.86. The summed E-state index contributed by atoms with van der Waals surface area (Å²) in [5, 5.41) is 0. The molecule has 0 spiro atoms. The van der Waals surface area contributed by atoms with Crippen LogP contribution in [0.3, 0.4) is 0 Å². The van der Waals surface area contributed by atoms with Crippen molar-refractivity contribution in [1.29, 1.82) is 0 Å². The molecule has 7 heteroatoms. The number of nitrogens with one attached hydrogen (secondary N) is 2. The van der Waals surface area contributed by atoms with Gasteiger partial charge in [0.2, 0.25) is 0 Å². The fourth-order valence-corrected chi connectivity index (χ4v) is 4.50. The number of H-pyrrole nitrogens is 2. The highest BCUT2D eigenvalue weighted by atomic mass is 16.5. The monoisotopic (exact) mass is 424 g/mol. The van der Waals surface area contributed by atoms with Crippen LogP contribution in [0.25, 0.3) is 45.0 Å². The first-order chi connectivity index (χ1) is 15.6. The van der Waals surface area contributed by atoms with Crippen LogP contribution in [0, 0.1) is 0 Å². The standard InChI is InChI=1S/C25H24N6O/c1-15-13-31(14-16(2)32-15)18-7-9-20-23(12-18)29-24(27-20)17-6-8-19-22(11-17)30-25(28-19)21-5-3-4-10-26-21/h3-12,15-16H,13-14H2,1-2H3,(H,27,29)(H,28,30)/t15-,16+. The van der Waals surface area contributed by atoms with E-state index < -0.39 is 0 Å². The number of rotatable bonds is 3. The maximum atomic E-state index is 5.88. The van der Waals surface area contributed by atoms with Crippen molar-refractivity contribution in [2.45, 2.75) is 26.1 Å². The van der Waals surface area contributed by atoms with Gasteiger partial charge in [-0.25, -0.2) is 9.97 Å². The molecule has 4 heterocycles. The van der Waals surface area contributed by atoms with Crippen molar-refractivity contribution in [3.63, 3.8) is 0 Å². The van der Waals surface area contributed by atoms with Gasteiger partial charge in [0, 0.05) is 30.5 Å². The van der Waals surface area contributed by atoms with Gasteiger partial charge in [0.15, 0.2) is 5.82 Å². The van der Waals surface area contributed by atoms with Gasteiger partial charge in [0.1, 0.15) is 11.5 Å². The third-order valence-corrected chi connectivity index (χ3v) is 5.91. The molecule has 2 atom stereocenters. The van der Waals surface area contributed by atoms with E-state index in [2.05, 4.69) is 69.0 Å². The summed E-state index contributed by atoms with van der Waals surface area (Å²) in [5.41, 5.74) is 6.89. The van der Waals surface area contributed by atoms with E-state index in [4.69, 9.17) is 9.72 Å². The average molecular weight is 425 g/mol. The lowest BCUT2D eigenvalue weighted by Crippen LogP contribution is -2.45. The fourth-order valence-electron chi connectivity index (χ4n) is 4.50. The first-order valence-electron chi connectivity index (χ1n) is 10.9. The molecular weight excluding hydrogens is 400 g/mol. The molecule has 7 nitrogen and oxygen atoms in total. The lowest BCUT2D eigenvalue weighted by molar-refractivity contribution is -0.00521. The summed E-state index contributed by atoms with van der Waals surface area (Å²) >= 11 is 0. The number of fused-ring (bicyclic) bond motifs is 2. The molecule has 5 aromatic rings. The molecule has 0 amide bonds. The molecule has 0 unspecified atom stereocenters. The summed E-state index contributed by atoms with van der Waals surface area (Å²) in [6, 6.07) is 18.4. The predicted octanol–water partition coefficient (Wildman–Crippen LogP) is 4.78. The van der Waals surface area contributed by atoms with Gasteiger partial charge in [-0.05, 0) is 62.4 Å². The van der Waals surface area contributed by atoms with Crippen LogP contribution in [0.5, 0.6) is 0 Å². The first kappa shape index (κ1) is 19.0. The number of pyridine rings is 1. The minimum absolute atomic E-state index is 0.226. The van der Waals surface area contributed by atoms with E-state index in [0.29, 0.717) is 0 Å². The minimum Gasteiger partial charge on any atom is -0.372 e. The summed E-state index contributed by atoms with van der Waals surface area (Å²) in [7, 11) is 0. The molecule has 0 aliphatic carbocycles. The van der Waals surface area contributed by atoms with Crippen molar-refractivity contribution in [1.82, 2.24) is 24.9 Å². The third kappa shape index (κ3) is 3.40. The Morgan fingerprint density at radius 2 is 1.56 bits per heavy atom. The molecule has 3 aromatic heterocycles. The molecule has 0 radical (unpaired) electrons. The van der Waals surface area contributed by atoms with E-state index in [1.165, 1.54) is 5.69 Å². The lowest BCUT2D eigenvalue weighted by atomic mass is 10.2. The van der Waals surface area contributed by atoms with Gasteiger partial charge in [-0.2, -0.15) is 0 Å². The van der Waals surface area contributed by atoms with Crippen molar-refractivity contribution < 1.29 is 4.74 Å². The van der Waals surface area contributed by atoms with E-state index in [9.17, 15) is 0 Å². The van der Waals surface area contributed by atoms with Crippen LogP contribution in [-0.2, 0) is 4.74 Å². The molecule has 1 aliphatic heterocycles. The molecule has 0 saturated carbocycles. The molecule has 1 saturated heterocycles. The van der Waals surface area contributed by atoms with Crippen molar-refractivity contribution in [2.24, 2.45) is 0 Å². The number of nitrogens with zero attached hydrogens (tertiary/aromatic N) is 4. The largest absolute Gasteiger partial charge is 0.372 e. The zero-order valence-electron chi connectivity index (χ0n) is 18.0. The SMILES string of the molecule is C[C@@H]1CN(c2ccc3nc(-c4ccc5nc(-c6ccccn6)[nH]c5c4)[nH]c3c2)C[C@H](C)O1. The number of benzene rings is 2. The van der Waals surface area contributed by atoms with Crippen molar-refractivity contribution in [3.8, 4) is 22.9 Å². The third-order valence-electron chi connectivity index (χ3n) is 5.91.